The van der Waals surface area contributed by atoms with Crippen LogP contribution < -0.4 is 4.74 Å². The topological polar surface area (TPSA) is 9.23 Å². The monoisotopic (exact) mass is 222 g/mol. The van der Waals surface area contributed by atoms with Crippen LogP contribution in [0, 0.1) is 6.92 Å². The number of hydrogen-bond acceptors (Lipinski definition) is 1. The molecule has 1 aromatic rings. The van der Waals surface area contributed by atoms with Crippen molar-refractivity contribution in [3.05, 3.63) is 29.3 Å². The standard InChI is InChI=1S/C13H20O.C2H6/c1-9(2)12-7-6-11(5)13(8-12)14-10(3)4;1-2/h6-10H,1-5H3;1-2H3. The molecule has 0 bridgehead atoms. The van der Waals surface area contributed by atoms with Crippen molar-refractivity contribution in [2.75, 3.05) is 0 Å². The van der Waals surface area contributed by atoms with Crippen LogP contribution in [0.2, 0.25) is 0 Å². The molecule has 1 heteroatoms. The van der Waals surface area contributed by atoms with E-state index < -0.39 is 0 Å². The van der Waals surface area contributed by atoms with Crippen LogP contribution in [0.1, 0.15) is 58.6 Å². The fourth-order valence-corrected chi connectivity index (χ4v) is 1.36. The van der Waals surface area contributed by atoms with Crippen molar-refractivity contribution in [2.45, 2.75) is 60.5 Å². The second-order valence-corrected chi connectivity index (χ2v) is 4.35. The van der Waals surface area contributed by atoms with Crippen molar-refractivity contribution in [2.24, 2.45) is 0 Å². The van der Waals surface area contributed by atoms with Gasteiger partial charge in [-0.1, -0.05) is 39.8 Å². The molecular formula is C15H26O. The third-order valence-corrected chi connectivity index (χ3v) is 2.24. The van der Waals surface area contributed by atoms with E-state index in [1.165, 1.54) is 11.1 Å². The zero-order valence-electron chi connectivity index (χ0n) is 11.8. The van der Waals surface area contributed by atoms with Crippen LogP contribution in [0.3, 0.4) is 0 Å². The van der Waals surface area contributed by atoms with Crippen LogP contribution in [-0.4, -0.2) is 6.10 Å². The molecule has 0 aliphatic heterocycles. The van der Waals surface area contributed by atoms with Crippen molar-refractivity contribution in [1.82, 2.24) is 0 Å². The molecule has 0 aromatic heterocycles. The van der Waals surface area contributed by atoms with Crippen molar-refractivity contribution < 1.29 is 4.74 Å². The lowest BCUT2D eigenvalue weighted by atomic mass is 10.0. The van der Waals surface area contributed by atoms with Gasteiger partial charge < -0.3 is 4.74 Å². The van der Waals surface area contributed by atoms with Crippen LogP contribution in [0.25, 0.3) is 0 Å². The van der Waals surface area contributed by atoms with Gasteiger partial charge in [0.2, 0.25) is 0 Å². The highest BCUT2D eigenvalue weighted by atomic mass is 16.5. The molecule has 0 N–H and O–H groups in total. The van der Waals surface area contributed by atoms with Gasteiger partial charge in [-0.25, -0.2) is 0 Å². The molecule has 1 aromatic carbocycles. The lowest BCUT2D eigenvalue weighted by Gasteiger charge is -2.14. The van der Waals surface area contributed by atoms with E-state index in [1.807, 2.05) is 13.8 Å². The minimum absolute atomic E-state index is 0.246. The van der Waals surface area contributed by atoms with Crippen LogP contribution in [0.5, 0.6) is 5.75 Å². The first-order valence-electron chi connectivity index (χ1n) is 6.28. The molecule has 16 heavy (non-hydrogen) atoms. The molecule has 92 valence electrons. The molecule has 0 saturated carbocycles. The third-order valence-electron chi connectivity index (χ3n) is 2.24. The third kappa shape index (κ3) is 4.69. The Morgan fingerprint density at radius 1 is 1.00 bits per heavy atom. The van der Waals surface area contributed by atoms with Gasteiger partial charge in [0.1, 0.15) is 5.75 Å². The quantitative estimate of drug-likeness (QED) is 0.704. The Labute approximate surface area is 101 Å². The van der Waals surface area contributed by atoms with Gasteiger partial charge >= 0.3 is 0 Å². The van der Waals surface area contributed by atoms with Crippen molar-refractivity contribution in [3.8, 4) is 5.75 Å². The largest absolute Gasteiger partial charge is 0.491 e. The summed E-state index contributed by atoms with van der Waals surface area (Å²) in [6.07, 6.45) is 0.246. The average Bonchev–Trinajstić information content (AvgIpc) is 2.23. The normalized spacial score (nSPS) is 10.1. The molecule has 0 saturated heterocycles. The smallest absolute Gasteiger partial charge is 0.122 e. The van der Waals surface area contributed by atoms with Gasteiger partial charge in [0.25, 0.3) is 0 Å². The minimum atomic E-state index is 0.246. The van der Waals surface area contributed by atoms with E-state index in [0.717, 1.165) is 5.75 Å². The molecule has 0 heterocycles. The van der Waals surface area contributed by atoms with Crippen molar-refractivity contribution in [1.29, 1.82) is 0 Å². The Hall–Kier alpha value is -0.980. The molecule has 0 atom stereocenters. The Morgan fingerprint density at radius 3 is 2.00 bits per heavy atom. The average molecular weight is 222 g/mol. The first-order chi connectivity index (χ1) is 7.50. The van der Waals surface area contributed by atoms with E-state index in [0.29, 0.717) is 5.92 Å². The van der Waals surface area contributed by atoms with Gasteiger partial charge in [-0.05, 0) is 43.9 Å². The van der Waals surface area contributed by atoms with Gasteiger partial charge in [0, 0.05) is 0 Å². The highest BCUT2D eigenvalue weighted by Gasteiger charge is 2.05. The molecule has 0 aliphatic rings. The highest BCUT2D eigenvalue weighted by Crippen LogP contribution is 2.24. The molecule has 0 spiro atoms. The summed E-state index contributed by atoms with van der Waals surface area (Å²) in [5, 5.41) is 0. The lowest BCUT2D eigenvalue weighted by molar-refractivity contribution is 0.240. The molecule has 1 rings (SSSR count). The summed E-state index contributed by atoms with van der Waals surface area (Å²) in [6.45, 7) is 14.6. The Bertz CT molecular complexity index is 300. The highest BCUT2D eigenvalue weighted by molar-refractivity contribution is 5.37. The van der Waals surface area contributed by atoms with Crippen LogP contribution in [0.15, 0.2) is 18.2 Å². The van der Waals surface area contributed by atoms with E-state index in [4.69, 9.17) is 4.74 Å². The van der Waals surface area contributed by atoms with Gasteiger partial charge in [0.15, 0.2) is 0 Å². The first kappa shape index (κ1) is 15.0. The van der Waals surface area contributed by atoms with E-state index in [1.54, 1.807) is 0 Å². The zero-order valence-corrected chi connectivity index (χ0v) is 11.8. The molecule has 0 radical (unpaired) electrons. The SMILES string of the molecule is CC.Cc1ccc(C(C)C)cc1OC(C)C. The first-order valence-corrected chi connectivity index (χ1v) is 6.28. The molecule has 0 fully saturated rings. The predicted molar refractivity (Wildman–Crippen MR) is 72.4 cm³/mol. The van der Waals surface area contributed by atoms with Gasteiger partial charge in [-0.15, -0.1) is 0 Å². The van der Waals surface area contributed by atoms with Crippen molar-refractivity contribution in [3.63, 3.8) is 0 Å². The van der Waals surface area contributed by atoms with Crippen LogP contribution >= 0.6 is 0 Å². The molecule has 0 unspecified atom stereocenters. The van der Waals surface area contributed by atoms with Gasteiger partial charge in [0.05, 0.1) is 6.10 Å². The van der Waals surface area contributed by atoms with Gasteiger partial charge in [-0.2, -0.15) is 0 Å². The summed E-state index contributed by atoms with van der Waals surface area (Å²) in [5.41, 5.74) is 2.55. The number of benzene rings is 1. The maximum Gasteiger partial charge on any atom is 0.122 e. The Balaban J connectivity index is 0.00000106. The van der Waals surface area contributed by atoms with Crippen LogP contribution in [0.4, 0.5) is 0 Å². The zero-order chi connectivity index (χ0) is 12.7. The van der Waals surface area contributed by atoms with E-state index in [2.05, 4.69) is 52.8 Å². The second-order valence-electron chi connectivity index (χ2n) is 4.35. The maximum atomic E-state index is 5.74. The number of hydrogen-bond donors (Lipinski definition) is 0. The second kappa shape index (κ2) is 7.32. The summed E-state index contributed by atoms with van der Waals surface area (Å²) in [5.74, 6) is 1.58. The summed E-state index contributed by atoms with van der Waals surface area (Å²) < 4.78 is 5.74. The molecule has 0 aliphatic carbocycles. The van der Waals surface area contributed by atoms with E-state index in [9.17, 15) is 0 Å². The predicted octanol–water partition coefficient (Wildman–Crippen LogP) is 4.93. The lowest BCUT2D eigenvalue weighted by Crippen LogP contribution is -2.07. The summed E-state index contributed by atoms with van der Waals surface area (Å²) >= 11 is 0. The minimum Gasteiger partial charge on any atom is -0.491 e. The fraction of sp³-hybridized carbons (Fsp3) is 0.600. The van der Waals surface area contributed by atoms with E-state index in [-0.39, 0.29) is 6.10 Å². The summed E-state index contributed by atoms with van der Waals surface area (Å²) in [7, 11) is 0. The number of rotatable bonds is 3. The number of ether oxygens (including phenoxy) is 1. The van der Waals surface area contributed by atoms with Crippen molar-refractivity contribution >= 4 is 0 Å². The maximum absolute atomic E-state index is 5.74. The Kier molecular flexibility index (Phi) is 6.87. The van der Waals surface area contributed by atoms with Crippen LogP contribution in [-0.2, 0) is 0 Å². The number of aryl methyl sites for hydroxylation is 1. The molecular weight excluding hydrogens is 196 g/mol. The Morgan fingerprint density at radius 2 is 1.56 bits per heavy atom. The van der Waals surface area contributed by atoms with Gasteiger partial charge in [-0.3, -0.25) is 0 Å². The fourth-order valence-electron chi connectivity index (χ4n) is 1.36. The summed E-state index contributed by atoms with van der Waals surface area (Å²) in [6, 6.07) is 6.46. The molecule has 1 nitrogen and oxygen atoms in total. The summed E-state index contributed by atoms with van der Waals surface area (Å²) in [4.78, 5) is 0. The molecule has 0 amide bonds. The van der Waals surface area contributed by atoms with E-state index >= 15 is 0 Å².